The third kappa shape index (κ3) is 5.03. The summed E-state index contributed by atoms with van der Waals surface area (Å²) < 4.78 is 10.5. The van der Waals surface area contributed by atoms with Crippen molar-refractivity contribution in [3.05, 3.63) is 48.0 Å². The average molecular weight is 365 g/mol. The number of benzene rings is 2. The first-order valence-electron chi connectivity index (χ1n) is 7.74. The number of anilines is 2. The first kappa shape index (κ1) is 20.6. The topological polar surface area (TPSA) is 73.6 Å². The Morgan fingerprint density at radius 1 is 1.08 bits per heavy atom. The molecule has 0 atom stereocenters. The lowest BCUT2D eigenvalue weighted by Gasteiger charge is -2.24. The van der Waals surface area contributed by atoms with Gasteiger partial charge in [-0.05, 0) is 36.2 Å². The zero-order valence-corrected chi connectivity index (χ0v) is 15.8. The van der Waals surface area contributed by atoms with Crippen LogP contribution in [0.3, 0.4) is 0 Å². The van der Waals surface area contributed by atoms with E-state index < -0.39 is 5.41 Å². The lowest BCUT2D eigenvalue weighted by molar-refractivity contribution is -0.123. The van der Waals surface area contributed by atoms with Crippen molar-refractivity contribution in [2.24, 2.45) is 5.41 Å². The molecule has 0 unspecified atom stereocenters. The number of para-hydroxylation sites is 1. The summed E-state index contributed by atoms with van der Waals surface area (Å²) in [6.45, 7) is 3.81. The van der Waals surface area contributed by atoms with Crippen LogP contribution in [0.5, 0.6) is 11.5 Å². The van der Waals surface area contributed by atoms with E-state index in [0.717, 1.165) is 11.3 Å². The van der Waals surface area contributed by atoms with Crippen LogP contribution in [-0.2, 0) is 11.2 Å². The molecule has 5 nitrogen and oxygen atoms in total. The Hall–Kier alpha value is -2.40. The number of methoxy groups -OCH3 is 2. The Bertz CT molecular complexity index is 732. The van der Waals surface area contributed by atoms with Crippen LogP contribution in [0.4, 0.5) is 11.4 Å². The van der Waals surface area contributed by atoms with Crippen LogP contribution in [0.15, 0.2) is 42.5 Å². The number of hydrogen-bond acceptors (Lipinski definition) is 4. The van der Waals surface area contributed by atoms with Crippen molar-refractivity contribution in [3.8, 4) is 11.5 Å². The van der Waals surface area contributed by atoms with Gasteiger partial charge in [-0.3, -0.25) is 4.79 Å². The van der Waals surface area contributed by atoms with Gasteiger partial charge in [-0.25, -0.2) is 0 Å². The van der Waals surface area contributed by atoms with Crippen LogP contribution in [0.1, 0.15) is 19.4 Å². The van der Waals surface area contributed by atoms with Gasteiger partial charge in [0.1, 0.15) is 11.5 Å². The van der Waals surface area contributed by atoms with Crippen molar-refractivity contribution in [2.45, 2.75) is 20.3 Å². The second kappa shape index (κ2) is 8.62. The van der Waals surface area contributed by atoms with Gasteiger partial charge in [0.15, 0.2) is 0 Å². The molecule has 3 N–H and O–H groups in total. The Balaban J connectivity index is 0.00000312. The maximum atomic E-state index is 12.7. The summed E-state index contributed by atoms with van der Waals surface area (Å²) in [5.74, 6) is 1.28. The summed E-state index contributed by atoms with van der Waals surface area (Å²) in [7, 11) is 3.19. The number of halogens is 1. The number of hydrogen-bond donors (Lipinski definition) is 2. The first-order chi connectivity index (χ1) is 11.4. The number of rotatable bonds is 6. The van der Waals surface area contributed by atoms with E-state index in [0.29, 0.717) is 23.5 Å². The SMILES string of the molecule is COc1ccc(NC(=O)C(C)(C)Cc2ccccc2OC)cc1N.Cl. The number of ether oxygens (including phenoxy) is 2. The fourth-order valence-electron chi connectivity index (χ4n) is 2.52. The molecule has 0 aliphatic carbocycles. The molecule has 25 heavy (non-hydrogen) atoms. The van der Waals surface area contributed by atoms with Crippen LogP contribution >= 0.6 is 12.4 Å². The van der Waals surface area contributed by atoms with Gasteiger partial charge in [-0.2, -0.15) is 0 Å². The lowest BCUT2D eigenvalue weighted by Crippen LogP contribution is -2.32. The number of nitrogens with one attached hydrogen (secondary N) is 1. The number of nitrogens with two attached hydrogens (primary N) is 1. The first-order valence-corrected chi connectivity index (χ1v) is 7.74. The van der Waals surface area contributed by atoms with Gasteiger partial charge < -0.3 is 20.5 Å². The highest BCUT2D eigenvalue weighted by Crippen LogP contribution is 2.30. The maximum Gasteiger partial charge on any atom is 0.230 e. The van der Waals surface area contributed by atoms with Gasteiger partial charge in [0, 0.05) is 11.1 Å². The molecule has 0 radical (unpaired) electrons. The van der Waals surface area contributed by atoms with Gasteiger partial charge >= 0.3 is 0 Å². The minimum Gasteiger partial charge on any atom is -0.496 e. The summed E-state index contributed by atoms with van der Waals surface area (Å²) in [6.07, 6.45) is 0.564. The number of carbonyl (C=O) groups is 1. The van der Waals surface area contributed by atoms with Crippen molar-refractivity contribution in [2.75, 3.05) is 25.3 Å². The molecule has 0 fully saturated rings. The molecule has 0 bridgehead atoms. The van der Waals surface area contributed by atoms with Crippen LogP contribution < -0.4 is 20.5 Å². The summed E-state index contributed by atoms with van der Waals surface area (Å²) in [4.78, 5) is 12.7. The normalized spacial score (nSPS) is 10.6. The number of nitrogen functional groups attached to an aromatic ring is 1. The Kier molecular flexibility index (Phi) is 7.12. The zero-order valence-electron chi connectivity index (χ0n) is 15.0. The fraction of sp³-hybridized carbons (Fsp3) is 0.316. The van der Waals surface area contributed by atoms with Crippen molar-refractivity contribution >= 4 is 29.7 Å². The smallest absolute Gasteiger partial charge is 0.230 e. The van der Waals surface area contributed by atoms with Crippen molar-refractivity contribution in [3.63, 3.8) is 0 Å². The van der Waals surface area contributed by atoms with E-state index in [1.807, 2.05) is 38.1 Å². The Labute approximate surface area is 154 Å². The molecule has 136 valence electrons. The van der Waals surface area contributed by atoms with E-state index in [9.17, 15) is 4.79 Å². The molecule has 0 heterocycles. The van der Waals surface area contributed by atoms with Crippen LogP contribution in [0, 0.1) is 5.41 Å². The van der Waals surface area contributed by atoms with Gasteiger partial charge in [-0.15, -0.1) is 12.4 Å². The monoisotopic (exact) mass is 364 g/mol. The molecule has 1 amide bonds. The maximum absolute atomic E-state index is 12.7. The molecule has 0 saturated carbocycles. The van der Waals surface area contributed by atoms with Crippen molar-refractivity contribution < 1.29 is 14.3 Å². The minimum absolute atomic E-state index is 0. The number of amides is 1. The highest BCUT2D eigenvalue weighted by Gasteiger charge is 2.29. The predicted octanol–water partition coefficient (Wildman–Crippen LogP) is 3.92. The van der Waals surface area contributed by atoms with Gasteiger partial charge in [0.2, 0.25) is 5.91 Å². The van der Waals surface area contributed by atoms with E-state index in [2.05, 4.69) is 5.32 Å². The summed E-state index contributed by atoms with van der Waals surface area (Å²) >= 11 is 0. The number of carbonyl (C=O) groups excluding carboxylic acids is 1. The summed E-state index contributed by atoms with van der Waals surface area (Å²) in [5, 5.41) is 2.92. The third-order valence-corrected chi connectivity index (χ3v) is 3.93. The molecule has 0 spiro atoms. The largest absolute Gasteiger partial charge is 0.496 e. The Morgan fingerprint density at radius 3 is 2.32 bits per heavy atom. The molecular weight excluding hydrogens is 340 g/mol. The minimum atomic E-state index is -0.608. The quantitative estimate of drug-likeness (QED) is 0.762. The molecule has 0 aliphatic rings. The average Bonchev–Trinajstić information content (AvgIpc) is 2.55. The van der Waals surface area contributed by atoms with E-state index in [-0.39, 0.29) is 18.3 Å². The molecule has 2 aromatic rings. The van der Waals surface area contributed by atoms with E-state index in [1.165, 1.54) is 0 Å². The zero-order chi connectivity index (χ0) is 17.7. The summed E-state index contributed by atoms with van der Waals surface area (Å²) in [5.41, 5.74) is 7.40. The molecular formula is C19H25ClN2O3. The second-order valence-corrected chi connectivity index (χ2v) is 6.28. The van der Waals surface area contributed by atoms with E-state index in [1.54, 1.807) is 32.4 Å². The summed E-state index contributed by atoms with van der Waals surface area (Å²) in [6, 6.07) is 12.9. The van der Waals surface area contributed by atoms with Crippen molar-refractivity contribution in [1.82, 2.24) is 0 Å². The van der Waals surface area contributed by atoms with E-state index in [4.69, 9.17) is 15.2 Å². The highest BCUT2D eigenvalue weighted by molar-refractivity contribution is 5.95. The van der Waals surface area contributed by atoms with E-state index >= 15 is 0 Å². The molecule has 0 aromatic heterocycles. The van der Waals surface area contributed by atoms with Crippen LogP contribution in [0.2, 0.25) is 0 Å². The van der Waals surface area contributed by atoms with Crippen LogP contribution in [0.25, 0.3) is 0 Å². The second-order valence-electron chi connectivity index (χ2n) is 6.28. The van der Waals surface area contributed by atoms with Crippen LogP contribution in [-0.4, -0.2) is 20.1 Å². The molecule has 0 saturated heterocycles. The van der Waals surface area contributed by atoms with Gasteiger partial charge in [-0.1, -0.05) is 32.0 Å². The molecule has 2 aromatic carbocycles. The predicted molar refractivity (Wildman–Crippen MR) is 104 cm³/mol. The molecule has 6 heteroatoms. The molecule has 0 aliphatic heterocycles. The fourth-order valence-corrected chi connectivity index (χ4v) is 2.52. The lowest BCUT2D eigenvalue weighted by atomic mass is 9.84. The van der Waals surface area contributed by atoms with Crippen molar-refractivity contribution in [1.29, 1.82) is 0 Å². The van der Waals surface area contributed by atoms with Gasteiger partial charge in [0.05, 0.1) is 19.9 Å². The Morgan fingerprint density at radius 2 is 1.72 bits per heavy atom. The standard InChI is InChI=1S/C19H24N2O3.ClH/c1-19(2,12-13-7-5-6-8-16(13)23-3)18(22)21-14-9-10-17(24-4)15(20)11-14;/h5-11H,12,20H2,1-4H3,(H,21,22);1H. The highest BCUT2D eigenvalue weighted by atomic mass is 35.5. The molecule has 2 rings (SSSR count). The third-order valence-electron chi connectivity index (χ3n) is 3.93. The van der Waals surface area contributed by atoms with Gasteiger partial charge in [0.25, 0.3) is 0 Å².